The monoisotopic (exact) mass is 397 g/mol. The maximum absolute atomic E-state index is 12.5. The molecule has 26 heavy (non-hydrogen) atoms. The Bertz CT molecular complexity index is 849. The molecule has 1 saturated heterocycles. The summed E-state index contributed by atoms with van der Waals surface area (Å²) in [5, 5.41) is 16.9. The number of oxime groups is 1. The van der Waals surface area contributed by atoms with Gasteiger partial charge < -0.3 is 21.0 Å². The predicted octanol–water partition coefficient (Wildman–Crippen LogP) is -0.166. The van der Waals surface area contributed by atoms with Crippen LogP contribution in [0, 0.1) is 0 Å². The topological polar surface area (TPSA) is 147 Å². The molecule has 0 aliphatic carbocycles. The summed E-state index contributed by atoms with van der Waals surface area (Å²) in [6.45, 7) is 1.67. The van der Waals surface area contributed by atoms with Crippen LogP contribution in [-0.2, 0) is 19.2 Å². The van der Waals surface area contributed by atoms with E-state index in [9.17, 15) is 19.5 Å². The number of anilines is 1. The fourth-order valence-corrected chi connectivity index (χ4v) is 4.52. The molecule has 2 aliphatic heterocycles. The third-order valence-electron chi connectivity index (χ3n) is 3.81. The maximum Gasteiger partial charge on any atom is 0.352 e. The Balaban J connectivity index is 1.78. The number of carboxylic acids is 1. The molecule has 0 unspecified atom stereocenters. The van der Waals surface area contributed by atoms with Gasteiger partial charge in [0.05, 0.1) is 0 Å². The number of thiazole rings is 1. The minimum Gasteiger partial charge on any atom is -0.477 e. The first-order valence-electron chi connectivity index (χ1n) is 7.36. The molecular weight excluding hydrogens is 382 g/mol. The molecule has 138 valence electrons. The molecule has 2 amide bonds. The number of nitrogens with one attached hydrogen (secondary N) is 1. The molecule has 10 nitrogen and oxygen atoms in total. The van der Waals surface area contributed by atoms with E-state index in [-0.39, 0.29) is 22.2 Å². The molecule has 0 spiro atoms. The van der Waals surface area contributed by atoms with Gasteiger partial charge in [0.15, 0.2) is 10.8 Å². The van der Waals surface area contributed by atoms with Crippen LogP contribution in [0.15, 0.2) is 21.8 Å². The summed E-state index contributed by atoms with van der Waals surface area (Å²) in [5.74, 6) is -1.84. The van der Waals surface area contributed by atoms with Crippen LogP contribution >= 0.6 is 23.1 Å². The first-order valence-corrected chi connectivity index (χ1v) is 9.29. The van der Waals surface area contributed by atoms with Gasteiger partial charge in [-0.2, -0.15) is 0 Å². The Morgan fingerprint density at radius 2 is 2.27 bits per heavy atom. The SMILES string of the molecule is CO/N=C(\C(=O)N[C@@H]1C(=O)N2C(C(=O)O)=C(C)CS[C@H]12)c1csc(N)n1. The lowest BCUT2D eigenvalue weighted by Crippen LogP contribution is -2.71. The van der Waals surface area contributed by atoms with Crippen molar-refractivity contribution in [3.8, 4) is 0 Å². The highest BCUT2D eigenvalue weighted by Gasteiger charge is 2.54. The van der Waals surface area contributed by atoms with Crippen molar-refractivity contribution in [3.63, 3.8) is 0 Å². The first-order chi connectivity index (χ1) is 12.3. The Morgan fingerprint density at radius 3 is 2.85 bits per heavy atom. The number of aromatic nitrogens is 1. The number of fused-ring (bicyclic) bond motifs is 1. The third-order valence-corrected chi connectivity index (χ3v) is 5.91. The quantitative estimate of drug-likeness (QED) is 0.353. The highest BCUT2D eigenvalue weighted by atomic mass is 32.2. The van der Waals surface area contributed by atoms with E-state index in [1.165, 1.54) is 23.8 Å². The van der Waals surface area contributed by atoms with E-state index in [1.54, 1.807) is 12.3 Å². The highest BCUT2D eigenvalue weighted by Crippen LogP contribution is 2.40. The van der Waals surface area contributed by atoms with Crippen molar-refractivity contribution in [2.24, 2.45) is 5.16 Å². The lowest BCUT2D eigenvalue weighted by Gasteiger charge is -2.49. The van der Waals surface area contributed by atoms with Crippen LogP contribution in [0.2, 0.25) is 0 Å². The molecule has 1 aromatic heterocycles. The second kappa shape index (κ2) is 6.96. The Labute approximate surface area is 156 Å². The summed E-state index contributed by atoms with van der Waals surface area (Å²) < 4.78 is 0. The number of aliphatic carboxylic acids is 1. The standard InChI is InChI=1S/C14H15N5O5S2/c1-5-3-25-12-8(11(21)19(12)9(5)13(22)23)17-10(20)7(18-24-2)6-4-26-14(15)16-6/h4,8,12H,3H2,1-2H3,(H2,15,16)(H,17,20)(H,22,23)/b18-7-/t8-,12-/m1/s1. The van der Waals surface area contributed by atoms with E-state index >= 15 is 0 Å². The number of hydrogen-bond acceptors (Lipinski definition) is 9. The number of carbonyl (C=O) groups is 3. The normalized spacial score (nSPS) is 22.6. The Kier molecular flexibility index (Phi) is 4.87. The number of carbonyl (C=O) groups excluding carboxylic acids is 2. The first kappa shape index (κ1) is 18.2. The molecule has 3 heterocycles. The number of nitrogen functional groups attached to an aromatic ring is 1. The lowest BCUT2D eigenvalue weighted by atomic mass is 10.0. The number of thioether (sulfide) groups is 1. The molecule has 3 rings (SSSR count). The van der Waals surface area contributed by atoms with E-state index in [2.05, 4.69) is 20.3 Å². The Morgan fingerprint density at radius 1 is 1.54 bits per heavy atom. The summed E-state index contributed by atoms with van der Waals surface area (Å²) in [6, 6.07) is -0.854. The maximum atomic E-state index is 12.5. The lowest BCUT2D eigenvalue weighted by molar-refractivity contribution is -0.150. The van der Waals surface area contributed by atoms with E-state index in [1.807, 2.05) is 0 Å². The molecule has 4 N–H and O–H groups in total. The average Bonchev–Trinajstić information content (AvgIpc) is 3.02. The van der Waals surface area contributed by atoms with Crippen molar-refractivity contribution in [1.29, 1.82) is 0 Å². The molecule has 1 aromatic rings. The van der Waals surface area contributed by atoms with Gasteiger partial charge in [-0.1, -0.05) is 5.16 Å². The largest absolute Gasteiger partial charge is 0.477 e. The molecule has 0 saturated carbocycles. The van der Waals surface area contributed by atoms with Gasteiger partial charge in [-0.15, -0.1) is 23.1 Å². The van der Waals surface area contributed by atoms with Gasteiger partial charge in [0.25, 0.3) is 11.8 Å². The highest BCUT2D eigenvalue weighted by molar-refractivity contribution is 8.00. The molecule has 2 atom stereocenters. The van der Waals surface area contributed by atoms with Crippen LogP contribution < -0.4 is 11.1 Å². The smallest absolute Gasteiger partial charge is 0.352 e. The van der Waals surface area contributed by atoms with Crippen molar-refractivity contribution < 1.29 is 24.3 Å². The second-order valence-corrected chi connectivity index (χ2v) is 7.48. The second-order valence-electron chi connectivity index (χ2n) is 5.49. The minimum atomic E-state index is -1.16. The zero-order chi connectivity index (χ0) is 19.0. The van der Waals surface area contributed by atoms with Crippen molar-refractivity contribution in [1.82, 2.24) is 15.2 Å². The molecule has 0 radical (unpaired) electrons. The number of rotatable bonds is 5. The number of β-lactam (4-membered cyclic amide) rings is 1. The van der Waals surface area contributed by atoms with Crippen LogP contribution in [0.1, 0.15) is 12.6 Å². The van der Waals surface area contributed by atoms with Gasteiger partial charge in [0.1, 0.15) is 29.9 Å². The van der Waals surface area contributed by atoms with Crippen LogP contribution in [0.5, 0.6) is 0 Å². The zero-order valence-electron chi connectivity index (χ0n) is 13.8. The van der Waals surface area contributed by atoms with Crippen LogP contribution in [0.4, 0.5) is 5.13 Å². The van der Waals surface area contributed by atoms with Gasteiger partial charge >= 0.3 is 5.97 Å². The van der Waals surface area contributed by atoms with E-state index < -0.39 is 29.2 Å². The summed E-state index contributed by atoms with van der Waals surface area (Å²) in [7, 11) is 1.28. The van der Waals surface area contributed by atoms with Crippen LogP contribution in [-0.4, -0.2) is 62.8 Å². The number of nitrogens with zero attached hydrogens (tertiary/aromatic N) is 3. The van der Waals surface area contributed by atoms with E-state index in [0.717, 1.165) is 11.3 Å². The van der Waals surface area contributed by atoms with Gasteiger partial charge in [-0.3, -0.25) is 14.5 Å². The number of hydrogen-bond donors (Lipinski definition) is 3. The fraction of sp³-hybridized carbons (Fsp3) is 0.357. The zero-order valence-corrected chi connectivity index (χ0v) is 15.4. The summed E-state index contributed by atoms with van der Waals surface area (Å²) >= 11 is 2.52. The van der Waals surface area contributed by atoms with E-state index in [0.29, 0.717) is 11.3 Å². The molecule has 0 bridgehead atoms. The van der Waals surface area contributed by atoms with E-state index in [4.69, 9.17) is 5.73 Å². The van der Waals surface area contributed by atoms with Crippen molar-refractivity contribution in [2.75, 3.05) is 18.6 Å². The Hall–Kier alpha value is -2.60. The van der Waals surface area contributed by atoms with Gasteiger partial charge in [0, 0.05) is 11.1 Å². The number of amides is 2. The predicted molar refractivity (Wildman–Crippen MR) is 95.4 cm³/mol. The van der Waals surface area contributed by atoms with Crippen molar-refractivity contribution >= 4 is 51.7 Å². The van der Waals surface area contributed by atoms with Gasteiger partial charge in [-0.25, -0.2) is 9.78 Å². The molecule has 2 aliphatic rings. The average molecular weight is 397 g/mol. The van der Waals surface area contributed by atoms with Gasteiger partial charge in [-0.05, 0) is 12.5 Å². The molecular formula is C14H15N5O5S2. The number of carboxylic acid groups (broad SMARTS) is 1. The number of nitrogens with two attached hydrogens (primary N) is 1. The third kappa shape index (κ3) is 3.01. The van der Waals surface area contributed by atoms with Crippen LogP contribution in [0.3, 0.4) is 0 Å². The van der Waals surface area contributed by atoms with Crippen LogP contribution in [0.25, 0.3) is 0 Å². The minimum absolute atomic E-state index is 0.0256. The molecule has 12 heteroatoms. The fourth-order valence-electron chi connectivity index (χ4n) is 2.68. The van der Waals surface area contributed by atoms with Crippen molar-refractivity contribution in [2.45, 2.75) is 18.3 Å². The van der Waals surface area contributed by atoms with Crippen molar-refractivity contribution in [3.05, 3.63) is 22.3 Å². The molecule has 1 fully saturated rings. The van der Waals surface area contributed by atoms with Gasteiger partial charge in [0.2, 0.25) is 0 Å². The molecule has 0 aromatic carbocycles. The summed E-state index contributed by atoms with van der Waals surface area (Å²) in [6.07, 6.45) is 0. The summed E-state index contributed by atoms with van der Waals surface area (Å²) in [4.78, 5) is 46.2. The summed E-state index contributed by atoms with van der Waals surface area (Å²) in [5.41, 5.74) is 6.27.